The van der Waals surface area contributed by atoms with Gasteiger partial charge in [-0.1, -0.05) is 26.0 Å². The minimum Gasteiger partial charge on any atom is -0.494 e. The monoisotopic (exact) mass is 347 g/mol. The van der Waals surface area contributed by atoms with Gasteiger partial charge in [-0.05, 0) is 43.5 Å². The molecule has 0 N–H and O–H groups in total. The van der Waals surface area contributed by atoms with Crippen LogP contribution >= 0.6 is 0 Å². The molecule has 0 spiro atoms. The van der Waals surface area contributed by atoms with E-state index in [1.807, 2.05) is 45.0 Å². The molecule has 0 aromatic heterocycles. The second-order valence-corrected chi connectivity index (χ2v) is 6.07. The van der Waals surface area contributed by atoms with Gasteiger partial charge in [-0.3, -0.25) is 9.59 Å². The summed E-state index contributed by atoms with van der Waals surface area (Å²) in [4.78, 5) is 25.7. The molecule has 0 aliphatic carbocycles. The first-order valence-electron chi connectivity index (χ1n) is 8.81. The fraction of sp³-hybridized carbons (Fsp3) is 0.500. The van der Waals surface area contributed by atoms with E-state index in [2.05, 4.69) is 0 Å². The van der Waals surface area contributed by atoms with Crippen LogP contribution in [0.5, 0.6) is 5.75 Å². The summed E-state index contributed by atoms with van der Waals surface area (Å²) in [5.41, 5.74) is 0.923. The molecule has 0 bridgehead atoms. The van der Waals surface area contributed by atoms with Crippen LogP contribution < -0.4 is 4.74 Å². The summed E-state index contributed by atoms with van der Waals surface area (Å²) in [6, 6.07) is 7.56. The Morgan fingerprint density at radius 1 is 1.12 bits per heavy atom. The van der Waals surface area contributed by atoms with E-state index in [9.17, 15) is 9.59 Å². The molecule has 1 aromatic carbocycles. The van der Waals surface area contributed by atoms with Crippen molar-refractivity contribution < 1.29 is 19.1 Å². The number of carbonyl (C=O) groups excluding carboxylic acids is 2. The Morgan fingerprint density at radius 2 is 1.80 bits per heavy atom. The number of hydrogen-bond donors (Lipinski definition) is 0. The molecule has 0 saturated heterocycles. The van der Waals surface area contributed by atoms with Crippen molar-refractivity contribution in [3.05, 3.63) is 35.9 Å². The quantitative estimate of drug-likeness (QED) is 0.480. The summed E-state index contributed by atoms with van der Waals surface area (Å²) in [7, 11) is 0. The van der Waals surface area contributed by atoms with Gasteiger partial charge in [0.25, 0.3) is 0 Å². The van der Waals surface area contributed by atoms with Crippen molar-refractivity contribution in [3.63, 3.8) is 0 Å². The highest BCUT2D eigenvalue weighted by Crippen LogP contribution is 2.13. The van der Waals surface area contributed by atoms with Gasteiger partial charge in [-0.25, -0.2) is 0 Å². The molecule has 0 heterocycles. The Hall–Kier alpha value is -2.30. The van der Waals surface area contributed by atoms with Crippen LogP contribution in [0.4, 0.5) is 0 Å². The number of rotatable bonds is 10. The second-order valence-electron chi connectivity index (χ2n) is 6.07. The maximum atomic E-state index is 12.5. The lowest BCUT2D eigenvalue weighted by Gasteiger charge is -2.22. The third-order valence-electron chi connectivity index (χ3n) is 3.40. The second kappa shape index (κ2) is 11.3. The first-order chi connectivity index (χ1) is 12.0. The minimum absolute atomic E-state index is 0.105. The zero-order valence-corrected chi connectivity index (χ0v) is 15.7. The summed E-state index contributed by atoms with van der Waals surface area (Å²) in [5.74, 6) is 0.748. The number of benzene rings is 1. The van der Waals surface area contributed by atoms with Crippen LogP contribution in [0.2, 0.25) is 0 Å². The molecule has 1 rings (SSSR count). The Bertz CT molecular complexity index is 564. The molecule has 1 aromatic rings. The van der Waals surface area contributed by atoms with Gasteiger partial charge in [-0.2, -0.15) is 0 Å². The van der Waals surface area contributed by atoms with Crippen LogP contribution in [0.15, 0.2) is 30.3 Å². The smallest absolute Gasteiger partial charge is 0.307 e. The summed E-state index contributed by atoms with van der Waals surface area (Å²) >= 11 is 0. The molecule has 5 nitrogen and oxygen atoms in total. The van der Waals surface area contributed by atoms with E-state index < -0.39 is 0 Å². The number of amides is 1. The van der Waals surface area contributed by atoms with Gasteiger partial charge in [0.15, 0.2) is 0 Å². The number of esters is 1. The van der Waals surface area contributed by atoms with Crippen molar-refractivity contribution >= 4 is 18.0 Å². The first kappa shape index (κ1) is 20.7. The Balaban J connectivity index is 2.67. The normalized spacial score (nSPS) is 10.9. The van der Waals surface area contributed by atoms with E-state index in [1.165, 1.54) is 0 Å². The highest BCUT2D eigenvalue weighted by Gasteiger charge is 2.14. The molecular weight excluding hydrogens is 318 g/mol. The van der Waals surface area contributed by atoms with Crippen LogP contribution in [-0.2, 0) is 14.3 Å². The predicted octanol–water partition coefficient (Wildman–Crippen LogP) is 3.54. The van der Waals surface area contributed by atoms with E-state index in [0.29, 0.717) is 32.2 Å². The molecular formula is C20H29NO4. The molecule has 0 atom stereocenters. The largest absolute Gasteiger partial charge is 0.494 e. The fourth-order valence-electron chi connectivity index (χ4n) is 2.31. The lowest BCUT2D eigenvalue weighted by atomic mass is 10.1. The van der Waals surface area contributed by atoms with Crippen LogP contribution in [0.25, 0.3) is 6.08 Å². The van der Waals surface area contributed by atoms with Gasteiger partial charge in [-0.15, -0.1) is 0 Å². The minimum atomic E-state index is -0.278. The zero-order valence-electron chi connectivity index (χ0n) is 15.7. The molecule has 25 heavy (non-hydrogen) atoms. The van der Waals surface area contributed by atoms with Gasteiger partial charge < -0.3 is 14.4 Å². The average molecular weight is 347 g/mol. The lowest BCUT2D eigenvalue weighted by Crippen LogP contribution is -2.35. The van der Waals surface area contributed by atoms with E-state index in [-0.39, 0.29) is 18.3 Å². The van der Waals surface area contributed by atoms with E-state index in [0.717, 1.165) is 11.3 Å². The van der Waals surface area contributed by atoms with Crippen molar-refractivity contribution in [3.8, 4) is 5.75 Å². The van der Waals surface area contributed by atoms with Crippen molar-refractivity contribution in [1.82, 2.24) is 4.90 Å². The van der Waals surface area contributed by atoms with Crippen LogP contribution in [0.1, 0.15) is 39.7 Å². The highest BCUT2D eigenvalue weighted by molar-refractivity contribution is 5.92. The standard InChI is InChI=1S/C20H29NO4/c1-5-24-18-10-7-17(8-11-18)9-12-19(22)21(15-16(3)4)14-13-20(23)25-6-2/h7-12,16H,5-6,13-15H2,1-4H3/b12-9+. The van der Waals surface area contributed by atoms with Gasteiger partial charge >= 0.3 is 5.97 Å². The molecule has 138 valence electrons. The predicted molar refractivity (Wildman–Crippen MR) is 99.3 cm³/mol. The van der Waals surface area contributed by atoms with Gasteiger partial charge in [0.2, 0.25) is 5.91 Å². The van der Waals surface area contributed by atoms with Crippen molar-refractivity contribution in [2.75, 3.05) is 26.3 Å². The van der Waals surface area contributed by atoms with Crippen molar-refractivity contribution in [2.24, 2.45) is 5.92 Å². The van der Waals surface area contributed by atoms with Gasteiger partial charge in [0.05, 0.1) is 19.6 Å². The molecule has 0 saturated carbocycles. The van der Waals surface area contributed by atoms with Crippen LogP contribution in [0, 0.1) is 5.92 Å². The topological polar surface area (TPSA) is 55.8 Å². The Kier molecular flexibility index (Phi) is 9.37. The summed E-state index contributed by atoms with van der Waals surface area (Å²) in [6.07, 6.45) is 3.53. The first-order valence-corrected chi connectivity index (χ1v) is 8.81. The third-order valence-corrected chi connectivity index (χ3v) is 3.40. The van der Waals surface area contributed by atoms with Gasteiger partial charge in [0, 0.05) is 19.2 Å². The Morgan fingerprint density at radius 3 is 2.36 bits per heavy atom. The van der Waals surface area contributed by atoms with Crippen LogP contribution in [0.3, 0.4) is 0 Å². The van der Waals surface area contributed by atoms with Crippen molar-refractivity contribution in [2.45, 2.75) is 34.1 Å². The van der Waals surface area contributed by atoms with E-state index in [1.54, 1.807) is 24.0 Å². The number of carbonyl (C=O) groups is 2. The molecule has 0 aliphatic rings. The maximum absolute atomic E-state index is 12.5. The molecule has 1 amide bonds. The SMILES string of the molecule is CCOC(=O)CCN(CC(C)C)C(=O)/C=C/c1ccc(OCC)cc1. The molecule has 0 aliphatic heterocycles. The molecule has 0 fully saturated rings. The van der Waals surface area contributed by atoms with Crippen LogP contribution in [-0.4, -0.2) is 43.1 Å². The zero-order chi connectivity index (χ0) is 18.7. The molecule has 0 unspecified atom stereocenters. The summed E-state index contributed by atoms with van der Waals surface area (Å²) in [6.45, 7) is 9.74. The van der Waals surface area contributed by atoms with E-state index >= 15 is 0 Å². The van der Waals surface area contributed by atoms with Gasteiger partial charge in [0.1, 0.15) is 5.75 Å². The molecule has 0 radical (unpaired) electrons. The van der Waals surface area contributed by atoms with Crippen molar-refractivity contribution in [1.29, 1.82) is 0 Å². The Labute approximate surface area is 150 Å². The summed E-state index contributed by atoms with van der Waals surface area (Å²) in [5, 5.41) is 0. The third kappa shape index (κ3) is 8.38. The number of nitrogens with zero attached hydrogens (tertiary/aromatic N) is 1. The number of hydrogen-bond acceptors (Lipinski definition) is 4. The highest BCUT2D eigenvalue weighted by atomic mass is 16.5. The lowest BCUT2D eigenvalue weighted by molar-refractivity contribution is -0.143. The average Bonchev–Trinajstić information content (AvgIpc) is 2.58. The fourth-order valence-corrected chi connectivity index (χ4v) is 2.31. The summed E-state index contributed by atoms with van der Waals surface area (Å²) < 4.78 is 10.3. The van der Waals surface area contributed by atoms with E-state index in [4.69, 9.17) is 9.47 Å². The molecule has 5 heteroatoms. The number of ether oxygens (including phenoxy) is 2. The maximum Gasteiger partial charge on any atom is 0.307 e.